The number of benzene rings is 2. The van der Waals surface area contributed by atoms with E-state index in [4.69, 9.17) is 4.74 Å². The summed E-state index contributed by atoms with van der Waals surface area (Å²) >= 11 is 0. The number of nitrogens with one attached hydrogen (secondary N) is 1. The third-order valence-corrected chi connectivity index (χ3v) is 5.71. The lowest BCUT2D eigenvalue weighted by Gasteiger charge is -2.17. The SMILES string of the molecule is COc1ccccc1CC(=O)NC1CCc2nnc(CCc3ccccc3)n2CC1. The molecule has 0 aliphatic carbocycles. The number of hydrogen-bond acceptors (Lipinski definition) is 4. The third-order valence-electron chi connectivity index (χ3n) is 5.71. The summed E-state index contributed by atoms with van der Waals surface area (Å²) in [6, 6.07) is 18.3. The second-order valence-electron chi connectivity index (χ2n) is 7.75. The number of fused-ring (bicyclic) bond motifs is 1. The maximum Gasteiger partial charge on any atom is 0.224 e. The van der Waals surface area contributed by atoms with Gasteiger partial charge in [-0.25, -0.2) is 0 Å². The summed E-state index contributed by atoms with van der Waals surface area (Å²) in [6.07, 6.45) is 4.77. The molecule has 0 radical (unpaired) electrons. The molecule has 2 aromatic carbocycles. The third kappa shape index (κ3) is 4.87. The molecule has 0 saturated carbocycles. The Bertz CT molecular complexity index is 984. The van der Waals surface area contributed by atoms with E-state index in [1.165, 1.54) is 5.56 Å². The summed E-state index contributed by atoms with van der Waals surface area (Å²) < 4.78 is 7.60. The first-order chi connectivity index (χ1) is 14.7. The van der Waals surface area contributed by atoms with Crippen molar-refractivity contribution in [3.05, 3.63) is 77.4 Å². The van der Waals surface area contributed by atoms with Crippen LogP contribution in [0.5, 0.6) is 5.75 Å². The first-order valence-electron chi connectivity index (χ1n) is 10.6. The quantitative estimate of drug-likeness (QED) is 0.657. The Labute approximate surface area is 177 Å². The van der Waals surface area contributed by atoms with Crippen LogP contribution in [-0.2, 0) is 37.0 Å². The molecule has 0 fully saturated rings. The van der Waals surface area contributed by atoms with Crippen LogP contribution in [-0.4, -0.2) is 33.8 Å². The van der Waals surface area contributed by atoms with Gasteiger partial charge < -0.3 is 14.6 Å². The van der Waals surface area contributed by atoms with Crippen molar-refractivity contribution in [3.8, 4) is 5.75 Å². The monoisotopic (exact) mass is 404 g/mol. The van der Waals surface area contributed by atoms with Crippen LogP contribution in [0, 0.1) is 0 Å². The zero-order valence-corrected chi connectivity index (χ0v) is 17.4. The fourth-order valence-electron chi connectivity index (χ4n) is 4.08. The number of rotatable bonds is 7. The van der Waals surface area contributed by atoms with Gasteiger partial charge in [0.05, 0.1) is 13.5 Å². The Morgan fingerprint density at radius 3 is 2.70 bits per heavy atom. The van der Waals surface area contributed by atoms with Crippen LogP contribution < -0.4 is 10.1 Å². The van der Waals surface area contributed by atoms with E-state index in [-0.39, 0.29) is 11.9 Å². The van der Waals surface area contributed by atoms with Crippen molar-refractivity contribution in [1.29, 1.82) is 0 Å². The highest BCUT2D eigenvalue weighted by Crippen LogP contribution is 2.19. The zero-order chi connectivity index (χ0) is 20.8. The number of hydrogen-bond donors (Lipinski definition) is 1. The van der Waals surface area contributed by atoms with Crippen LogP contribution in [0.1, 0.15) is 35.6 Å². The number of para-hydroxylation sites is 1. The Morgan fingerprint density at radius 1 is 1.07 bits per heavy atom. The first kappa shape index (κ1) is 20.1. The number of carbonyl (C=O) groups excluding carboxylic acids is 1. The van der Waals surface area contributed by atoms with Crippen molar-refractivity contribution < 1.29 is 9.53 Å². The molecule has 1 aromatic heterocycles. The molecule has 1 unspecified atom stereocenters. The molecular formula is C24H28N4O2. The molecule has 156 valence electrons. The number of carbonyl (C=O) groups is 1. The molecule has 3 aromatic rings. The van der Waals surface area contributed by atoms with E-state index >= 15 is 0 Å². The van der Waals surface area contributed by atoms with Crippen LogP contribution in [0.15, 0.2) is 54.6 Å². The van der Waals surface area contributed by atoms with Crippen molar-refractivity contribution in [2.45, 2.75) is 51.1 Å². The fraction of sp³-hybridized carbons (Fsp3) is 0.375. The number of aromatic nitrogens is 3. The van der Waals surface area contributed by atoms with Gasteiger partial charge in [0.1, 0.15) is 17.4 Å². The number of ether oxygens (including phenoxy) is 1. The number of nitrogens with zero attached hydrogens (tertiary/aromatic N) is 3. The minimum absolute atomic E-state index is 0.0338. The Morgan fingerprint density at radius 2 is 1.87 bits per heavy atom. The van der Waals surface area contributed by atoms with Gasteiger partial charge in [-0.2, -0.15) is 0 Å². The minimum Gasteiger partial charge on any atom is -0.496 e. The Kier molecular flexibility index (Phi) is 6.42. The zero-order valence-electron chi connectivity index (χ0n) is 17.4. The maximum atomic E-state index is 12.6. The van der Waals surface area contributed by atoms with Gasteiger partial charge in [0.2, 0.25) is 5.91 Å². The highest BCUT2D eigenvalue weighted by atomic mass is 16.5. The summed E-state index contributed by atoms with van der Waals surface area (Å²) in [5.41, 5.74) is 2.22. The molecule has 0 saturated heterocycles. The fourth-order valence-corrected chi connectivity index (χ4v) is 4.08. The molecule has 1 N–H and O–H groups in total. The number of amides is 1. The average Bonchev–Trinajstić information content (AvgIpc) is 3.06. The van der Waals surface area contributed by atoms with Gasteiger partial charge in [0.25, 0.3) is 0 Å². The largest absolute Gasteiger partial charge is 0.496 e. The van der Waals surface area contributed by atoms with E-state index < -0.39 is 0 Å². The molecule has 0 bridgehead atoms. The predicted molar refractivity (Wildman–Crippen MR) is 115 cm³/mol. The lowest BCUT2D eigenvalue weighted by Crippen LogP contribution is -2.36. The summed E-state index contributed by atoms with van der Waals surface area (Å²) in [5.74, 6) is 2.85. The number of aryl methyl sites for hydroxylation is 3. The molecule has 0 spiro atoms. The standard InChI is InChI=1S/C24H28N4O2/c1-30-21-10-6-5-9-19(21)17-24(29)25-20-12-14-23-27-26-22(28(23)16-15-20)13-11-18-7-3-2-4-8-18/h2-10,20H,11-17H2,1H3,(H,25,29). The summed E-state index contributed by atoms with van der Waals surface area (Å²) in [5, 5.41) is 12.0. The molecule has 30 heavy (non-hydrogen) atoms. The summed E-state index contributed by atoms with van der Waals surface area (Å²) in [6.45, 7) is 0.839. The lowest BCUT2D eigenvalue weighted by atomic mass is 10.1. The van der Waals surface area contributed by atoms with Crippen molar-refractivity contribution in [2.75, 3.05) is 7.11 Å². The molecule has 4 rings (SSSR count). The van der Waals surface area contributed by atoms with Gasteiger partial charge in [-0.15, -0.1) is 10.2 Å². The molecule has 1 aliphatic rings. The van der Waals surface area contributed by atoms with Crippen molar-refractivity contribution in [3.63, 3.8) is 0 Å². The van der Waals surface area contributed by atoms with Crippen LogP contribution >= 0.6 is 0 Å². The minimum atomic E-state index is 0.0338. The van der Waals surface area contributed by atoms with Gasteiger partial charge in [-0.1, -0.05) is 48.5 Å². The molecule has 6 heteroatoms. The van der Waals surface area contributed by atoms with E-state index in [0.29, 0.717) is 6.42 Å². The maximum absolute atomic E-state index is 12.6. The van der Waals surface area contributed by atoms with Crippen molar-refractivity contribution in [2.24, 2.45) is 0 Å². The molecular weight excluding hydrogens is 376 g/mol. The van der Waals surface area contributed by atoms with Crippen LogP contribution in [0.4, 0.5) is 0 Å². The number of methoxy groups -OCH3 is 1. The van der Waals surface area contributed by atoms with Crippen molar-refractivity contribution >= 4 is 5.91 Å². The van der Waals surface area contributed by atoms with Crippen LogP contribution in [0.3, 0.4) is 0 Å². The highest BCUT2D eigenvalue weighted by molar-refractivity contribution is 5.79. The van der Waals surface area contributed by atoms with E-state index in [1.54, 1.807) is 7.11 Å². The lowest BCUT2D eigenvalue weighted by molar-refractivity contribution is -0.121. The van der Waals surface area contributed by atoms with E-state index in [0.717, 1.165) is 61.6 Å². The Balaban J connectivity index is 1.33. The van der Waals surface area contributed by atoms with E-state index in [1.807, 2.05) is 30.3 Å². The predicted octanol–water partition coefficient (Wildman–Crippen LogP) is 3.14. The average molecular weight is 405 g/mol. The van der Waals surface area contributed by atoms with Crippen LogP contribution in [0.25, 0.3) is 0 Å². The normalized spacial score (nSPS) is 15.8. The van der Waals surface area contributed by atoms with Gasteiger partial charge in [-0.05, 0) is 30.9 Å². The Hall–Kier alpha value is -3.15. The molecule has 2 heterocycles. The second kappa shape index (κ2) is 9.57. The van der Waals surface area contributed by atoms with E-state index in [9.17, 15) is 4.79 Å². The highest BCUT2D eigenvalue weighted by Gasteiger charge is 2.21. The molecule has 1 aliphatic heterocycles. The van der Waals surface area contributed by atoms with Gasteiger partial charge in [0, 0.05) is 31.0 Å². The molecule has 1 amide bonds. The molecule has 1 atom stereocenters. The van der Waals surface area contributed by atoms with Crippen LogP contribution in [0.2, 0.25) is 0 Å². The first-order valence-corrected chi connectivity index (χ1v) is 10.6. The smallest absolute Gasteiger partial charge is 0.224 e. The summed E-state index contributed by atoms with van der Waals surface area (Å²) in [7, 11) is 1.63. The molecule has 6 nitrogen and oxygen atoms in total. The summed E-state index contributed by atoms with van der Waals surface area (Å²) in [4.78, 5) is 12.6. The van der Waals surface area contributed by atoms with Crippen molar-refractivity contribution in [1.82, 2.24) is 20.1 Å². The second-order valence-corrected chi connectivity index (χ2v) is 7.75. The van der Waals surface area contributed by atoms with Gasteiger partial charge >= 0.3 is 0 Å². The topological polar surface area (TPSA) is 69.0 Å². The van der Waals surface area contributed by atoms with Gasteiger partial charge in [0.15, 0.2) is 0 Å². The van der Waals surface area contributed by atoms with Gasteiger partial charge in [-0.3, -0.25) is 4.79 Å². The van der Waals surface area contributed by atoms with E-state index in [2.05, 4.69) is 44.3 Å².